The summed E-state index contributed by atoms with van der Waals surface area (Å²) in [6.45, 7) is 1.74. The van der Waals surface area contributed by atoms with E-state index in [9.17, 15) is 10.2 Å². The predicted octanol–water partition coefficient (Wildman–Crippen LogP) is 1.79. The lowest BCUT2D eigenvalue weighted by Crippen LogP contribution is -2.34. The number of aliphatic hydroxyl groups is 2. The van der Waals surface area contributed by atoms with Crippen molar-refractivity contribution in [3.63, 3.8) is 0 Å². The number of ether oxygens (including phenoxy) is 4. The van der Waals surface area contributed by atoms with Crippen LogP contribution in [0.15, 0.2) is 18.2 Å². The van der Waals surface area contributed by atoms with Crippen LogP contribution in [0.25, 0.3) is 0 Å². The summed E-state index contributed by atoms with van der Waals surface area (Å²) in [5.41, 5.74) is 0.854. The van der Waals surface area contributed by atoms with E-state index in [1.807, 2.05) is 25.1 Å². The summed E-state index contributed by atoms with van der Waals surface area (Å²) in [6, 6.07) is 5.52. The van der Waals surface area contributed by atoms with Gasteiger partial charge in [-0.1, -0.05) is 6.92 Å². The van der Waals surface area contributed by atoms with E-state index in [4.69, 9.17) is 18.9 Å². The van der Waals surface area contributed by atoms with Crippen LogP contribution in [0.5, 0.6) is 11.5 Å². The molecular weight excluding hydrogens is 300 g/mol. The Morgan fingerprint density at radius 3 is 2.22 bits per heavy atom. The highest BCUT2D eigenvalue weighted by molar-refractivity contribution is 5.42. The Labute approximate surface area is 137 Å². The van der Waals surface area contributed by atoms with Gasteiger partial charge in [-0.2, -0.15) is 0 Å². The predicted molar refractivity (Wildman–Crippen MR) is 87.0 cm³/mol. The Hall–Kier alpha value is -1.34. The molecule has 6 heteroatoms. The highest BCUT2D eigenvalue weighted by Crippen LogP contribution is 2.37. The Kier molecular flexibility index (Phi) is 8.33. The summed E-state index contributed by atoms with van der Waals surface area (Å²) in [7, 11) is 6.29. The first-order valence-electron chi connectivity index (χ1n) is 7.58. The van der Waals surface area contributed by atoms with Crippen LogP contribution in [0.3, 0.4) is 0 Å². The van der Waals surface area contributed by atoms with Crippen LogP contribution in [-0.2, 0) is 9.47 Å². The summed E-state index contributed by atoms with van der Waals surface area (Å²) < 4.78 is 21.4. The molecule has 0 bridgehead atoms. The number of aliphatic hydroxyl groups excluding tert-OH is 2. The molecule has 23 heavy (non-hydrogen) atoms. The zero-order chi connectivity index (χ0) is 17.4. The second-order valence-corrected chi connectivity index (χ2v) is 5.50. The lowest BCUT2D eigenvalue weighted by Gasteiger charge is -2.28. The molecule has 0 heterocycles. The lowest BCUT2D eigenvalue weighted by atomic mass is 9.90. The van der Waals surface area contributed by atoms with Crippen molar-refractivity contribution in [1.82, 2.24) is 0 Å². The normalized spacial score (nSPS) is 16.5. The zero-order valence-corrected chi connectivity index (χ0v) is 14.5. The molecule has 0 aromatic heterocycles. The third-order valence-corrected chi connectivity index (χ3v) is 4.04. The van der Waals surface area contributed by atoms with Crippen LogP contribution >= 0.6 is 0 Å². The van der Waals surface area contributed by atoms with Gasteiger partial charge >= 0.3 is 0 Å². The second-order valence-electron chi connectivity index (χ2n) is 5.50. The number of hydrogen-bond donors (Lipinski definition) is 2. The van der Waals surface area contributed by atoms with Crippen LogP contribution in [0, 0.1) is 5.92 Å². The first-order valence-corrected chi connectivity index (χ1v) is 7.58. The van der Waals surface area contributed by atoms with Crippen LogP contribution in [0.4, 0.5) is 0 Å². The van der Waals surface area contributed by atoms with Crippen molar-refractivity contribution in [3.05, 3.63) is 23.8 Å². The van der Waals surface area contributed by atoms with E-state index in [0.717, 1.165) is 5.56 Å². The van der Waals surface area contributed by atoms with E-state index in [1.54, 1.807) is 21.3 Å². The average Bonchev–Trinajstić information content (AvgIpc) is 2.56. The minimum absolute atomic E-state index is 0.0276. The van der Waals surface area contributed by atoms with Crippen molar-refractivity contribution >= 4 is 0 Å². The number of benzene rings is 1. The van der Waals surface area contributed by atoms with E-state index in [2.05, 4.69) is 0 Å². The molecule has 0 radical (unpaired) electrons. The largest absolute Gasteiger partial charge is 0.497 e. The van der Waals surface area contributed by atoms with Gasteiger partial charge in [-0.15, -0.1) is 0 Å². The first-order chi connectivity index (χ1) is 11.0. The van der Waals surface area contributed by atoms with Gasteiger partial charge in [0.05, 0.1) is 33.0 Å². The highest BCUT2D eigenvalue weighted by Gasteiger charge is 2.28. The van der Waals surface area contributed by atoms with Gasteiger partial charge in [0.2, 0.25) is 0 Å². The standard InChI is InChI=1S/C17H28O6/c1-11(8-14(19)16(10-18)22-4)17(23-5)13-9-12(20-2)6-7-15(13)21-3/h6-7,9,11,14,16-19H,8,10H2,1-5H3/t11-,14+,16-,17+/m0/s1. The van der Waals surface area contributed by atoms with Gasteiger partial charge in [-0.25, -0.2) is 0 Å². The monoisotopic (exact) mass is 328 g/mol. The molecule has 0 aliphatic heterocycles. The molecule has 0 spiro atoms. The van der Waals surface area contributed by atoms with Crippen molar-refractivity contribution in [2.75, 3.05) is 35.0 Å². The number of methoxy groups -OCH3 is 4. The van der Waals surface area contributed by atoms with Crippen molar-refractivity contribution in [2.45, 2.75) is 31.7 Å². The fraction of sp³-hybridized carbons (Fsp3) is 0.647. The Bertz CT molecular complexity index is 460. The minimum Gasteiger partial charge on any atom is -0.497 e. The lowest BCUT2D eigenvalue weighted by molar-refractivity contribution is -0.0598. The van der Waals surface area contributed by atoms with Gasteiger partial charge in [0.1, 0.15) is 17.6 Å². The summed E-state index contributed by atoms with van der Waals surface area (Å²) in [4.78, 5) is 0. The maximum Gasteiger partial charge on any atom is 0.124 e. The molecule has 1 rings (SSSR count). The van der Waals surface area contributed by atoms with Crippen molar-refractivity contribution in [1.29, 1.82) is 0 Å². The van der Waals surface area contributed by atoms with Gasteiger partial charge < -0.3 is 29.2 Å². The molecule has 1 aromatic rings. The molecule has 0 aliphatic carbocycles. The molecule has 0 unspecified atom stereocenters. The van der Waals surface area contributed by atoms with Crippen LogP contribution in [-0.4, -0.2) is 57.5 Å². The summed E-state index contributed by atoms with van der Waals surface area (Å²) in [5, 5.41) is 19.4. The van der Waals surface area contributed by atoms with Crippen molar-refractivity contribution < 1.29 is 29.2 Å². The summed E-state index contributed by atoms with van der Waals surface area (Å²) >= 11 is 0. The molecule has 0 aliphatic rings. The average molecular weight is 328 g/mol. The van der Waals surface area contributed by atoms with E-state index < -0.39 is 12.2 Å². The van der Waals surface area contributed by atoms with Gasteiger partial charge in [0.15, 0.2) is 0 Å². The summed E-state index contributed by atoms with van der Waals surface area (Å²) in [5.74, 6) is 1.38. The quantitative estimate of drug-likeness (QED) is 0.682. The van der Waals surface area contributed by atoms with Crippen molar-refractivity contribution in [3.8, 4) is 11.5 Å². The highest BCUT2D eigenvalue weighted by atomic mass is 16.5. The minimum atomic E-state index is -0.783. The molecule has 6 nitrogen and oxygen atoms in total. The second kappa shape index (κ2) is 9.72. The fourth-order valence-corrected chi connectivity index (χ4v) is 2.74. The maximum absolute atomic E-state index is 10.2. The van der Waals surface area contributed by atoms with E-state index >= 15 is 0 Å². The molecule has 132 valence electrons. The number of rotatable bonds is 10. The molecular formula is C17H28O6. The van der Waals surface area contributed by atoms with Crippen LogP contribution in [0.2, 0.25) is 0 Å². The van der Waals surface area contributed by atoms with Gasteiger partial charge in [-0.3, -0.25) is 0 Å². The number of hydrogen-bond acceptors (Lipinski definition) is 6. The first kappa shape index (κ1) is 19.7. The Morgan fingerprint density at radius 1 is 1.04 bits per heavy atom. The van der Waals surface area contributed by atoms with Crippen LogP contribution in [0.1, 0.15) is 25.0 Å². The summed E-state index contributed by atoms with van der Waals surface area (Å²) in [6.07, 6.45) is -1.26. The van der Waals surface area contributed by atoms with Crippen molar-refractivity contribution in [2.24, 2.45) is 5.92 Å². The topological polar surface area (TPSA) is 77.4 Å². The molecule has 2 N–H and O–H groups in total. The molecule has 0 fully saturated rings. The Morgan fingerprint density at radius 2 is 1.74 bits per heavy atom. The molecule has 0 amide bonds. The molecule has 4 atom stereocenters. The molecule has 0 saturated carbocycles. The third kappa shape index (κ3) is 5.07. The zero-order valence-electron chi connectivity index (χ0n) is 14.5. The van der Waals surface area contributed by atoms with Gasteiger partial charge in [0.25, 0.3) is 0 Å². The van der Waals surface area contributed by atoms with E-state index in [1.165, 1.54) is 7.11 Å². The molecule has 1 aromatic carbocycles. The maximum atomic E-state index is 10.2. The fourth-order valence-electron chi connectivity index (χ4n) is 2.74. The van der Waals surface area contributed by atoms with Gasteiger partial charge in [-0.05, 0) is 30.5 Å². The molecule has 0 saturated heterocycles. The smallest absolute Gasteiger partial charge is 0.124 e. The van der Waals surface area contributed by atoms with E-state index in [-0.39, 0.29) is 18.6 Å². The van der Waals surface area contributed by atoms with Gasteiger partial charge in [0, 0.05) is 19.8 Å². The van der Waals surface area contributed by atoms with E-state index in [0.29, 0.717) is 17.9 Å². The third-order valence-electron chi connectivity index (χ3n) is 4.04. The van der Waals surface area contributed by atoms with Crippen LogP contribution < -0.4 is 9.47 Å². The Balaban J connectivity index is 2.98. The SMILES string of the molecule is COc1ccc(OC)c([C@H](OC)[C@@H](C)C[C@@H](O)[C@H](CO)OC)c1.